The summed E-state index contributed by atoms with van der Waals surface area (Å²) in [5.74, 6) is 0.244. The molecule has 0 radical (unpaired) electrons. The summed E-state index contributed by atoms with van der Waals surface area (Å²) in [6.07, 6.45) is 0. The largest absolute Gasteiger partial charge is 0.280 e. The molecule has 0 aromatic carbocycles. The van der Waals surface area contributed by atoms with Crippen LogP contribution < -0.4 is 4.72 Å². The third-order valence-corrected chi connectivity index (χ3v) is 3.67. The Bertz CT molecular complexity index is 448. The molecule has 16 heavy (non-hydrogen) atoms. The molecule has 2 N–H and O–H groups in total. The lowest BCUT2D eigenvalue weighted by Gasteiger charge is -2.14. The lowest BCUT2D eigenvalue weighted by atomic mass is 9.92. The van der Waals surface area contributed by atoms with E-state index >= 15 is 0 Å². The fourth-order valence-corrected chi connectivity index (χ4v) is 2.41. The van der Waals surface area contributed by atoms with Gasteiger partial charge in [0.25, 0.3) is 0 Å². The van der Waals surface area contributed by atoms with Gasteiger partial charge >= 0.3 is 0 Å². The van der Waals surface area contributed by atoms with Gasteiger partial charge in [-0.2, -0.15) is 5.10 Å². The summed E-state index contributed by atoms with van der Waals surface area (Å²) < 4.78 is 25.2. The van der Waals surface area contributed by atoms with Gasteiger partial charge in [0.05, 0.1) is 5.75 Å². The number of hydrogen-bond donors (Lipinski definition) is 2. The van der Waals surface area contributed by atoms with Gasteiger partial charge in [0.15, 0.2) is 5.82 Å². The molecule has 5 nitrogen and oxygen atoms in total. The number of H-pyrrole nitrogens is 1. The van der Waals surface area contributed by atoms with Crippen LogP contribution in [0.1, 0.15) is 26.5 Å². The zero-order valence-electron chi connectivity index (χ0n) is 9.54. The zero-order valence-corrected chi connectivity index (χ0v) is 11.1. The van der Waals surface area contributed by atoms with Crippen LogP contribution in [0.25, 0.3) is 0 Å². The van der Waals surface area contributed by atoms with E-state index in [1.807, 2.05) is 20.8 Å². The fraction of sp³-hybridized carbons (Fsp3) is 0.667. The van der Waals surface area contributed by atoms with Gasteiger partial charge in [-0.3, -0.25) is 9.82 Å². The summed E-state index contributed by atoms with van der Waals surface area (Å²) in [4.78, 5) is 0. The molecular weight excluding hydrogens is 250 g/mol. The van der Waals surface area contributed by atoms with Crippen molar-refractivity contribution in [1.29, 1.82) is 0 Å². The number of alkyl halides is 1. The van der Waals surface area contributed by atoms with E-state index in [9.17, 15) is 8.42 Å². The standard InChI is InChI=1S/C9H16ClN3O2S/c1-9(2,3)7-6-8(12-11-7)13-16(14,15)5-4-10/h6H,4-5H2,1-3H3,(H2,11,12,13). The minimum absolute atomic E-state index is 0.0614. The molecule has 0 fully saturated rings. The molecule has 1 rings (SSSR count). The maximum atomic E-state index is 11.4. The number of halogens is 1. The minimum atomic E-state index is -3.38. The number of sulfonamides is 1. The van der Waals surface area contributed by atoms with E-state index < -0.39 is 10.0 Å². The number of aromatic amines is 1. The normalized spacial score (nSPS) is 12.8. The Morgan fingerprint density at radius 3 is 2.56 bits per heavy atom. The fourth-order valence-electron chi connectivity index (χ4n) is 1.07. The van der Waals surface area contributed by atoms with Crippen LogP contribution in [0.3, 0.4) is 0 Å². The maximum Gasteiger partial charge on any atom is 0.235 e. The molecule has 1 aromatic rings. The quantitative estimate of drug-likeness (QED) is 0.814. The van der Waals surface area contributed by atoms with E-state index in [2.05, 4.69) is 14.9 Å². The second kappa shape index (κ2) is 4.63. The Morgan fingerprint density at radius 1 is 1.50 bits per heavy atom. The van der Waals surface area contributed by atoms with E-state index in [4.69, 9.17) is 11.6 Å². The van der Waals surface area contributed by atoms with Gasteiger partial charge in [-0.15, -0.1) is 11.6 Å². The summed E-state index contributed by atoms with van der Waals surface area (Å²) in [6, 6.07) is 1.69. The van der Waals surface area contributed by atoms with Crippen LogP contribution >= 0.6 is 11.6 Å². The van der Waals surface area contributed by atoms with Crippen molar-refractivity contribution in [3.63, 3.8) is 0 Å². The van der Waals surface area contributed by atoms with E-state index in [0.29, 0.717) is 5.82 Å². The van der Waals surface area contributed by atoms with E-state index in [1.54, 1.807) is 6.07 Å². The molecule has 0 atom stereocenters. The number of aromatic nitrogens is 2. The topological polar surface area (TPSA) is 74.8 Å². The van der Waals surface area contributed by atoms with Gasteiger partial charge in [-0.25, -0.2) is 8.42 Å². The van der Waals surface area contributed by atoms with Gasteiger partial charge in [0.2, 0.25) is 10.0 Å². The Morgan fingerprint density at radius 2 is 2.12 bits per heavy atom. The number of hydrogen-bond acceptors (Lipinski definition) is 3. The lowest BCUT2D eigenvalue weighted by Crippen LogP contribution is -2.17. The molecule has 7 heteroatoms. The Hall–Kier alpha value is -0.750. The van der Waals surface area contributed by atoms with Crippen LogP contribution in [-0.2, 0) is 15.4 Å². The summed E-state index contributed by atoms with van der Waals surface area (Å²) in [6.45, 7) is 6.03. The first-order valence-corrected chi connectivity index (χ1v) is 7.05. The smallest absolute Gasteiger partial charge is 0.235 e. The zero-order chi connectivity index (χ0) is 12.4. The number of rotatable bonds is 4. The average molecular weight is 266 g/mol. The van der Waals surface area contributed by atoms with Gasteiger partial charge in [0.1, 0.15) is 0 Å². The molecule has 0 spiro atoms. The molecule has 1 heterocycles. The van der Waals surface area contributed by atoms with E-state index in [1.165, 1.54) is 0 Å². The molecule has 0 aliphatic heterocycles. The van der Waals surface area contributed by atoms with Crippen LogP contribution in [0, 0.1) is 0 Å². The SMILES string of the molecule is CC(C)(C)c1cc(NS(=O)(=O)CCCl)n[nH]1. The van der Waals surface area contributed by atoms with Crippen molar-refractivity contribution in [3.8, 4) is 0 Å². The Labute approximate surface area is 101 Å². The van der Waals surface area contributed by atoms with Crippen LogP contribution in [0.5, 0.6) is 0 Å². The summed E-state index contributed by atoms with van der Waals surface area (Å²) in [7, 11) is -3.38. The first-order valence-electron chi connectivity index (χ1n) is 4.87. The van der Waals surface area contributed by atoms with Crippen molar-refractivity contribution >= 4 is 27.4 Å². The molecule has 0 bridgehead atoms. The summed E-state index contributed by atoms with van der Waals surface area (Å²) in [5, 5.41) is 6.69. The van der Waals surface area contributed by atoms with Crippen LogP contribution in [0.15, 0.2) is 6.07 Å². The van der Waals surface area contributed by atoms with E-state index in [0.717, 1.165) is 5.69 Å². The third-order valence-electron chi connectivity index (χ3n) is 1.99. The molecule has 0 aliphatic rings. The van der Waals surface area contributed by atoms with Crippen molar-refractivity contribution in [1.82, 2.24) is 10.2 Å². The predicted molar refractivity (Wildman–Crippen MR) is 65.4 cm³/mol. The second-order valence-corrected chi connectivity index (χ2v) is 6.75. The first-order chi connectivity index (χ1) is 7.24. The van der Waals surface area contributed by atoms with Gasteiger partial charge in [-0.05, 0) is 0 Å². The van der Waals surface area contributed by atoms with Gasteiger partial charge in [-0.1, -0.05) is 20.8 Å². The predicted octanol–water partition coefficient (Wildman–Crippen LogP) is 1.69. The van der Waals surface area contributed by atoms with Crippen molar-refractivity contribution in [2.45, 2.75) is 26.2 Å². The Balaban J connectivity index is 2.81. The van der Waals surface area contributed by atoms with Crippen molar-refractivity contribution in [2.75, 3.05) is 16.4 Å². The molecule has 0 aliphatic carbocycles. The highest BCUT2D eigenvalue weighted by molar-refractivity contribution is 7.92. The number of nitrogens with one attached hydrogen (secondary N) is 2. The third kappa shape index (κ3) is 3.68. The molecule has 92 valence electrons. The Kier molecular flexibility index (Phi) is 3.85. The van der Waals surface area contributed by atoms with E-state index in [-0.39, 0.29) is 17.0 Å². The maximum absolute atomic E-state index is 11.4. The lowest BCUT2D eigenvalue weighted by molar-refractivity contribution is 0.567. The van der Waals surface area contributed by atoms with Crippen molar-refractivity contribution in [3.05, 3.63) is 11.8 Å². The van der Waals surface area contributed by atoms with Crippen LogP contribution in [0.2, 0.25) is 0 Å². The number of nitrogens with zero attached hydrogens (tertiary/aromatic N) is 1. The average Bonchev–Trinajstić information content (AvgIpc) is 2.50. The van der Waals surface area contributed by atoms with Gasteiger partial charge < -0.3 is 0 Å². The molecule has 0 saturated heterocycles. The number of anilines is 1. The minimum Gasteiger partial charge on any atom is -0.280 e. The molecule has 0 amide bonds. The second-order valence-electron chi connectivity index (χ2n) is 4.53. The van der Waals surface area contributed by atoms with Gasteiger partial charge in [0, 0.05) is 23.1 Å². The monoisotopic (exact) mass is 265 g/mol. The molecule has 0 saturated carbocycles. The summed E-state index contributed by atoms with van der Waals surface area (Å²) >= 11 is 5.38. The highest BCUT2D eigenvalue weighted by Gasteiger charge is 2.18. The highest BCUT2D eigenvalue weighted by Crippen LogP contribution is 2.22. The summed E-state index contributed by atoms with van der Waals surface area (Å²) in [5.41, 5.74) is 0.777. The molecule has 0 unspecified atom stereocenters. The molecular formula is C9H16ClN3O2S. The van der Waals surface area contributed by atoms with Crippen molar-refractivity contribution in [2.24, 2.45) is 0 Å². The highest BCUT2D eigenvalue weighted by atomic mass is 35.5. The first kappa shape index (κ1) is 13.3. The van der Waals surface area contributed by atoms with Crippen LogP contribution in [0.4, 0.5) is 5.82 Å². The molecule has 1 aromatic heterocycles. The van der Waals surface area contributed by atoms with Crippen LogP contribution in [-0.4, -0.2) is 30.2 Å². The van der Waals surface area contributed by atoms with Crippen molar-refractivity contribution < 1.29 is 8.42 Å².